The molecular weight excluding hydrogens is 332 g/mol. The number of rotatable bonds is 4. The molecule has 116 valence electrons. The van der Waals surface area contributed by atoms with Crippen LogP contribution in [0.3, 0.4) is 0 Å². The summed E-state index contributed by atoms with van der Waals surface area (Å²) in [6.07, 6.45) is 1.86. The van der Waals surface area contributed by atoms with Crippen molar-refractivity contribution in [1.82, 2.24) is 19.8 Å². The lowest BCUT2D eigenvalue weighted by Gasteiger charge is -1.99. The fourth-order valence-electron chi connectivity index (χ4n) is 2.40. The van der Waals surface area contributed by atoms with Gasteiger partial charge in [-0.25, -0.2) is 0 Å². The van der Waals surface area contributed by atoms with Gasteiger partial charge in [-0.05, 0) is 30.7 Å². The average molecular weight is 345 g/mol. The molecule has 0 radical (unpaired) electrons. The van der Waals surface area contributed by atoms with Gasteiger partial charge >= 0.3 is 0 Å². The zero-order chi connectivity index (χ0) is 15.8. The summed E-state index contributed by atoms with van der Waals surface area (Å²) in [5.74, 6) is 2.31. The molecule has 0 aliphatic rings. The van der Waals surface area contributed by atoms with Crippen LogP contribution in [-0.2, 0) is 6.42 Å². The van der Waals surface area contributed by atoms with Crippen LogP contribution in [0.5, 0.6) is 0 Å². The second-order valence-electron chi connectivity index (χ2n) is 5.11. The van der Waals surface area contributed by atoms with E-state index in [9.17, 15) is 0 Å². The van der Waals surface area contributed by atoms with Crippen molar-refractivity contribution < 1.29 is 4.42 Å². The van der Waals surface area contributed by atoms with Crippen molar-refractivity contribution in [1.29, 1.82) is 0 Å². The van der Waals surface area contributed by atoms with Crippen LogP contribution in [0.25, 0.3) is 27.1 Å². The molecule has 3 heterocycles. The van der Waals surface area contributed by atoms with E-state index >= 15 is 0 Å². The lowest BCUT2D eigenvalue weighted by Crippen LogP contribution is -1.94. The smallest absolute Gasteiger partial charge is 0.235 e. The van der Waals surface area contributed by atoms with Crippen LogP contribution < -0.4 is 0 Å². The first-order valence-electron chi connectivity index (χ1n) is 7.32. The summed E-state index contributed by atoms with van der Waals surface area (Å²) in [6, 6.07) is 11.4. The van der Waals surface area contributed by atoms with E-state index < -0.39 is 0 Å². The summed E-state index contributed by atoms with van der Waals surface area (Å²) in [6.45, 7) is 2.11. The highest BCUT2D eigenvalue weighted by molar-refractivity contribution is 7.19. The van der Waals surface area contributed by atoms with Crippen LogP contribution in [-0.4, -0.2) is 19.8 Å². The quantitative estimate of drug-likeness (QED) is 0.537. The van der Waals surface area contributed by atoms with E-state index in [1.54, 1.807) is 4.52 Å². The van der Waals surface area contributed by atoms with Crippen molar-refractivity contribution in [2.45, 2.75) is 19.8 Å². The van der Waals surface area contributed by atoms with Crippen LogP contribution in [0.2, 0.25) is 5.02 Å². The van der Waals surface area contributed by atoms with E-state index in [4.69, 9.17) is 16.0 Å². The fraction of sp³-hybridized carbons (Fsp3) is 0.188. The highest BCUT2D eigenvalue weighted by Crippen LogP contribution is 2.34. The summed E-state index contributed by atoms with van der Waals surface area (Å²) in [4.78, 5) is 0.777. The van der Waals surface area contributed by atoms with Gasteiger partial charge in [-0.3, -0.25) is 0 Å². The lowest BCUT2D eigenvalue weighted by molar-refractivity contribution is 0.595. The highest BCUT2D eigenvalue weighted by atomic mass is 35.5. The van der Waals surface area contributed by atoms with E-state index in [0.29, 0.717) is 10.8 Å². The first-order chi connectivity index (χ1) is 11.3. The lowest BCUT2D eigenvalue weighted by atomic mass is 10.2. The maximum absolute atomic E-state index is 6.22. The normalized spacial score (nSPS) is 11.4. The van der Waals surface area contributed by atoms with Crippen molar-refractivity contribution in [3.8, 4) is 22.1 Å². The Morgan fingerprint density at radius 2 is 1.96 bits per heavy atom. The number of aromatic nitrogens is 4. The van der Waals surface area contributed by atoms with E-state index in [2.05, 4.69) is 22.2 Å². The molecule has 3 aromatic heterocycles. The summed E-state index contributed by atoms with van der Waals surface area (Å²) in [5, 5.41) is 14.3. The third-order valence-corrected chi connectivity index (χ3v) is 4.73. The van der Waals surface area contributed by atoms with Gasteiger partial charge in [-0.15, -0.1) is 15.3 Å². The van der Waals surface area contributed by atoms with Crippen molar-refractivity contribution in [2.75, 3.05) is 0 Å². The zero-order valence-corrected chi connectivity index (χ0v) is 13.9. The Morgan fingerprint density at radius 1 is 1.13 bits per heavy atom. The molecule has 4 aromatic rings. The number of benzene rings is 1. The number of nitrogens with zero attached hydrogens (tertiary/aromatic N) is 4. The Kier molecular flexibility index (Phi) is 3.63. The third-order valence-electron chi connectivity index (χ3n) is 3.49. The number of hydrogen-bond acceptors (Lipinski definition) is 5. The van der Waals surface area contributed by atoms with Gasteiger partial charge in [0.25, 0.3) is 0 Å². The Balaban J connectivity index is 1.73. The minimum atomic E-state index is 0.664. The van der Waals surface area contributed by atoms with E-state index in [-0.39, 0.29) is 0 Å². The standard InChI is InChI=1S/C16H13ClN4OS/c1-2-5-14-18-19-16-21(14)20-15(23-16)13-9-8-12(22-13)10-6-3-4-7-11(10)17/h3-4,6-9H,2,5H2,1H3. The fourth-order valence-corrected chi connectivity index (χ4v) is 3.44. The number of hydrogen-bond donors (Lipinski definition) is 0. The molecule has 4 rings (SSSR count). The maximum Gasteiger partial charge on any atom is 0.235 e. The minimum Gasteiger partial charge on any atom is -0.453 e. The largest absolute Gasteiger partial charge is 0.453 e. The Bertz CT molecular complexity index is 971. The van der Waals surface area contributed by atoms with Gasteiger partial charge in [0.1, 0.15) is 5.76 Å². The molecule has 23 heavy (non-hydrogen) atoms. The van der Waals surface area contributed by atoms with Crippen molar-refractivity contribution in [2.24, 2.45) is 0 Å². The molecule has 0 bridgehead atoms. The number of halogens is 1. The molecule has 5 nitrogen and oxygen atoms in total. The van der Waals surface area contributed by atoms with Gasteiger partial charge in [-0.1, -0.05) is 42.0 Å². The molecule has 1 aromatic carbocycles. The van der Waals surface area contributed by atoms with Gasteiger partial charge < -0.3 is 4.42 Å². The first-order valence-corrected chi connectivity index (χ1v) is 8.52. The number of aryl methyl sites for hydroxylation is 1. The predicted molar refractivity (Wildman–Crippen MR) is 90.8 cm³/mol. The van der Waals surface area contributed by atoms with E-state index in [1.165, 1.54) is 11.3 Å². The van der Waals surface area contributed by atoms with Crippen LogP contribution in [0.15, 0.2) is 40.8 Å². The molecule has 0 spiro atoms. The molecule has 0 unspecified atom stereocenters. The summed E-state index contributed by atoms with van der Waals surface area (Å²) in [7, 11) is 0. The van der Waals surface area contributed by atoms with Gasteiger partial charge in [0.15, 0.2) is 16.6 Å². The molecule has 0 saturated carbocycles. The zero-order valence-electron chi connectivity index (χ0n) is 12.4. The summed E-state index contributed by atoms with van der Waals surface area (Å²) >= 11 is 7.68. The van der Waals surface area contributed by atoms with E-state index in [1.807, 2.05) is 36.4 Å². The van der Waals surface area contributed by atoms with Crippen molar-refractivity contribution in [3.05, 3.63) is 47.2 Å². The molecule has 0 N–H and O–H groups in total. The average Bonchev–Trinajstić information content (AvgIpc) is 3.24. The Hall–Kier alpha value is -2.18. The van der Waals surface area contributed by atoms with Gasteiger partial charge in [0.2, 0.25) is 4.96 Å². The van der Waals surface area contributed by atoms with Crippen molar-refractivity contribution >= 4 is 27.9 Å². The summed E-state index contributed by atoms with van der Waals surface area (Å²) in [5.41, 5.74) is 0.870. The topological polar surface area (TPSA) is 56.2 Å². The third kappa shape index (κ3) is 2.54. The monoisotopic (exact) mass is 344 g/mol. The molecule has 0 fully saturated rings. The van der Waals surface area contributed by atoms with Crippen LogP contribution in [0, 0.1) is 0 Å². The van der Waals surface area contributed by atoms with E-state index in [0.717, 1.165) is 40.0 Å². The molecule has 0 aliphatic heterocycles. The second kappa shape index (κ2) is 5.79. The maximum atomic E-state index is 6.22. The molecule has 0 amide bonds. The van der Waals surface area contributed by atoms with Gasteiger partial charge in [0, 0.05) is 12.0 Å². The Morgan fingerprint density at radius 3 is 2.78 bits per heavy atom. The van der Waals surface area contributed by atoms with Crippen LogP contribution >= 0.6 is 22.9 Å². The number of fused-ring (bicyclic) bond motifs is 1. The summed E-state index contributed by atoms with van der Waals surface area (Å²) < 4.78 is 7.73. The molecule has 0 aliphatic carbocycles. The molecule has 7 heteroatoms. The predicted octanol–water partition coefficient (Wildman–Crippen LogP) is 4.72. The van der Waals surface area contributed by atoms with Crippen molar-refractivity contribution in [3.63, 3.8) is 0 Å². The highest BCUT2D eigenvalue weighted by Gasteiger charge is 2.16. The second-order valence-corrected chi connectivity index (χ2v) is 6.47. The minimum absolute atomic E-state index is 0.664. The Labute approximate surface area is 141 Å². The van der Waals surface area contributed by atoms with Crippen LogP contribution in [0.1, 0.15) is 19.2 Å². The number of furan rings is 1. The molecule has 0 atom stereocenters. The van der Waals surface area contributed by atoms with Gasteiger partial charge in [-0.2, -0.15) is 4.52 Å². The molecular formula is C16H13ClN4OS. The van der Waals surface area contributed by atoms with Crippen LogP contribution in [0.4, 0.5) is 0 Å². The SMILES string of the molecule is CCCc1nnc2sc(-c3ccc(-c4ccccc4Cl)o3)nn12. The molecule has 0 saturated heterocycles. The van der Waals surface area contributed by atoms with Gasteiger partial charge in [0.05, 0.1) is 5.02 Å². The first kappa shape index (κ1) is 14.4.